The number of aromatic nitrogens is 3. The molecule has 2 amide bonds. The summed E-state index contributed by atoms with van der Waals surface area (Å²) in [6.45, 7) is 1.82. The lowest BCUT2D eigenvalue weighted by atomic mass is 9.94. The molecule has 212 valence electrons. The molecule has 0 aliphatic heterocycles. The molecule has 0 bridgehead atoms. The van der Waals surface area contributed by atoms with E-state index in [-0.39, 0.29) is 29.9 Å². The van der Waals surface area contributed by atoms with Crippen molar-refractivity contribution in [2.24, 2.45) is 5.73 Å². The van der Waals surface area contributed by atoms with E-state index < -0.39 is 29.4 Å². The second-order valence-corrected chi connectivity index (χ2v) is 9.82. The summed E-state index contributed by atoms with van der Waals surface area (Å²) < 4.78 is 42.5. The second kappa shape index (κ2) is 12.1. The first kappa shape index (κ1) is 28.3. The standard InChI is InChI=1S/C32H26F3N5O2/c1-18-25(30(40-39-18)20-6-3-2-4-7-20)17-29(41)38-28(14-19-12-22(33)16-23(34)13-19)31-24(8-5-11-37-31)21-9-10-27(35)26(15-21)32(36)42/h2-13,15-16,28H,14,17H2,1H3,(H2,36,42)(H,38,41)(H,39,40). The van der Waals surface area contributed by atoms with Gasteiger partial charge in [0.15, 0.2) is 0 Å². The highest BCUT2D eigenvalue weighted by Crippen LogP contribution is 2.31. The van der Waals surface area contributed by atoms with Gasteiger partial charge in [0.1, 0.15) is 17.5 Å². The third-order valence-corrected chi connectivity index (χ3v) is 6.87. The minimum atomic E-state index is -0.940. The molecule has 1 atom stereocenters. The topological polar surface area (TPSA) is 114 Å². The normalized spacial score (nSPS) is 11.7. The molecule has 0 spiro atoms. The number of nitrogens with two attached hydrogens (primary N) is 1. The Balaban J connectivity index is 1.53. The Kier molecular flexibility index (Phi) is 8.14. The van der Waals surface area contributed by atoms with E-state index in [0.717, 1.165) is 23.4 Å². The number of nitrogens with one attached hydrogen (secondary N) is 2. The van der Waals surface area contributed by atoms with Gasteiger partial charge in [0.2, 0.25) is 5.91 Å². The lowest BCUT2D eigenvalue weighted by Gasteiger charge is -2.22. The van der Waals surface area contributed by atoms with Crippen LogP contribution in [-0.2, 0) is 17.6 Å². The fourth-order valence-corrected chi connectivity index (χ4v) is 4.91. The number of nitrogens with zero attached hydrogens (tertiary/aromatic N) is 2. The van der Waals surface area contributed by atoms with Crippen molar-refractivity contribution in [2.75, 3.05) is 0 Å². The first-order valence-corrected chi connectivity index (χ1v) is 13.1. The molecule has 3 aromatic carbocycles. The highest BCUT2D eigenvalue weighted by Gasteiger charge is 2.24. The smallest absolute Gasteiger partial charge is 0.251 e. The number of benzene rings is 3. The Morgan fingerprint density at radius 2 is 1.67 bits per heavy atom. The van der Waals surface area contributed by atoms with Gasteiger partial charge in [-0.2, -0.15) is 5.10 Å². The van der Waals surface area contributed by atoms with Crippen LogP contribution in [0.15, 0.2) is 85.1 Å². The fourth-order valence-electron chi connectivity index (χ4n) is 4.91. The maximum absolute atomic E-state index is 14.2. The van der Waals surface area contributed by atoms with Crippen LogP contribution < -0.4 is 11.1 Å². The molecule has 1 unspecified atom stereocenters. The van der Waals surface area contributed by atoms with Gasteiger partial charge >= 0.3 is 0 Å². The summed E-state index contributed by atoms with van der Waals surface area (Å²) >= 11 is 0. The molecule has 0 fully saturated rings. The van der Waals surface area contributed by atoms with E-state index in [1.165, 1.54) is 30.5 Å². The molecule has 0 aliphatic carbocycles. The minimum Gasteiger partial charge on any atom is -0.366 e. The molecular weight excluding hydrogens is 543 g/mol. The molecule has 0 radical (unpaired) electrons. The van der Waals surface area contributed by atoms with E-state index in [4.69, 9.17) is 5.73 Å². The summed E-state index contributed by atoms with van der Waals surface area (Å²) in [5.41, 5.74) is 9.48. The number of H-pyrrole nitrogens is 1. The van der Waals surface area contributed by atoms with Crippen molar-refractivity contribution in [1.29, 1.82) is 0 Å². The van der Waals surface area contributed by atoms with Gasteiger partial charge in [0.25, 0.3) is 5.91 Å². The molecule has 7 nitrogen and oxygen atoms in total. The van der Waals surface area contributed by atoms with Crippen LogP contribution in [0.4, 0.5) is 13.2 Å². The highest BCUT2D eigenvalue weighted by molar-refractivity contribution is 5.94. The highest BCUT2D eigenvalue weighted by atomic mass is 19.1. The first-order chi connectivity index (χ1) is 20.2. The lowest BCUT2D eigenvalue weighted by molar-refractivity contribution is -0.121. The number of hydrogen-bond donors (Lipinski definition) is 3. The minimum absolute atomic E-state index is 0.00971. The Bertz CT molecular complexity index is 1750. The number of aryl methyl sites for hydroxylation is 1. The van der Waals surface area contributed by atoms with Crippen molar-refractivity contribution < 1.29 is 22.8 Å². The Hall–Kier alpha value is -5.25. The van der Waals surface area contributed by atoms with Gasteiger partial charge in [0, 0.05) is 34.6 Å². The van der Waals surface area contributed by atoms with Gasteiger partial charge in [-0.25, -0.2) is 13.2 Å². The van der Waals surface area contributed by atoms with Crippen molar-refractivity contribution in [2.45, 2.75) is 25.8 Å². The fraction of sp³-hybridized carbons (Fsp3) is 0.125. The molecule has 2 aromatic heterocycles. The Morgan fingerprint density at radius 1 is 0.929 bits per heavy atom. The molecule has 0 saturated carbocycles. The van der Waals surface area contributed by atoms with E-state index in [0.29, 0.717) is 28.1 Å². The SMILES string of the molecule is Cc1[nH]nc(-c2ccccc2)c1CC(=O)NC(Cc1cc(F)cc(F)c1)c1ncccc1-c1ccc(F)c(C(N)=O)c1. The maximum atomic E-state index is 14.2. The van der Waals surface area contributed by atoms with E-state index in [1.54, 1.807) is 12.1 Å². The average Bonchev–Trinajstić information content (AvgIpc) is 3.32. The lowest BCUT2D eigenvalue weighted by Crippen LogP contribution is -2.32. The van der Waals surface area contributed by atoms with Crippen LogP contribution in [0.25, 0.3) is 22.4 Å². The molecular formula is C32H26F3N5O2. The number of rotatable bonds is 9. The van der Waals surface area contributed by atoms with Gasteiger partial charge < -0.3 is 11.1 Å². The number of hydrogen-bond acceptors (Lipinski definition) is 4. The van der Waals surface area contributed by atoms with Gasteiger partial charge in [0.05, 0.1) is 29.4 Å². The summed E-state index contributed by atoms with van der Waals surface area (Å²) in [5.74, 6) is -3.62. The van der Waals surface area contributed by atoms with Gasteiger partial charge in [-0.05, 0) is 54.8 Å². The van der Waals surface area contributed by atoms with E-state index >= 15 is 0 Å². The zero-order valence-corrected chi connectivity index (χ0v) is 22.5. The van der Waals surface area contributed by atoms with Crippen LogP contribution >= 0.6 is 0 Å². The largest absolute Gasteiger partial charge is 0.366 e. The van der Waals surface area contributed by atoms with Crippen molar-refractivity contribution in [3.05, 3.63) is 131 Å². The summed E-state index contributed by atoms with van der Waals surface area (Å²) in [7, 11) is 0. The number of amides is 2. The van der Waals surface area contributed by atoms with Gasteiger partial charge in [-0.15, -0.1) is 0 Å². The zero-order chi connectivity index (χ0) is 29.8. The van der Waals surface area contributed by atoms with Crippen LogP contribution in [0.1, 0.15) is 38.9 Å². The van der Waals surface area contributed by atoms with Crippen LogP contribution in [0.2, 0.25) is 0 Å². The number of halogens is 3. The monoisotopic (exact) mass is 569 g/mol. The van der Waals surface area contributed by atoms with Crippen LogP contribution in [0.5, 0.6) is 0 Å². The molecule has 5 aromatic rings. The molecule has 5 rings (SSSR count). The summed E-state index contributed by atoms with van der Waals surface area (Å²) in [6.07, 6.45) is 1.46. The van der Waals surface area contributed by atoms with Crippen LogP contribution in [0.3, 0.4) is 0 Å². The van der Waals surface area contributed by atoms with Crippen molar-refractivity contribution in [3.63, 3.8) is 0 Å². The maximum Gasteiger partial charge on any atom is 0.251 e. The first-order valence-electron chi connectivity index (χ1n) is 13.1. The van der Waals surface area contributed by atoms with Crippen LogP contribution in [-0.4, -0.2) is 27.0 Å². The Morgan fingerprint density at radius 3 is 2.38 bits per heavy atom. The molecule has 2 heterocycles. The van der Waals surface area contributed by atoms with Crippen molar-refractivity contribution >= 4 is 11.8 Å². The third kappa shape index (κ3) is 6.22. The summed E-state index contributed by atoms with van der Waals surface area (Å²) in [5, 5.41) is 10.3. The Labute approximate surface area is 239 Å². The van der Waals surface area contributed by atoms with Gasteiger partial charge in [-0.3, -0.25) is 19.7 Å². The molecule has 4 N–H and O–H groups in total. The van der Waals surface area contributed by atoms with Gasteiger partial charge in [-0.1, -0.05) is 42.5 Å². The van der Waals surface area contributed by atoms with Crippen LogP contribution in [0, 0.1) is 24.4 Å². The van der Waals surface area contributed by atoms with Crippen molar-refractivity contribution in [1.82, 2.24) is 20.5 Å². The van der Waals surface area contributed by atoms with E-state index in [1.807, 2.05) is 37.3 Å². The van der Waals surface area contributed by atoms with Crippen molar-refractivity contribution in [3.8, 4) is 22.4 Å². The third-order valence-electron chi connectivity index (χ3n) is 6.87. The number of carbonyl (C=O) groups excluding carboxylic acids is 2. The zero-order valence-electron chi connectivity index (χ0n) is 22.5. The number of pyridine rings is 1. The van der Waals surface area contributed by atoms with E-state index in [9.17, 15) is 22.8 Å². The molecule has 42 heavy (non-hydrogen) atoms. The summed E-state index contributed by atoms with van der Waals surface area (Å²) in [4.78, 5) is 29.9. The predicted molar refractivity (Wildman–Crippen MR) is 152 cm³/mol. The second-order valence-electron chi connectivity index (χ2n) is 9.82. The number of primary amides is 1. The van der Waals surface area contributed by atoms with E-state index in [2.05, 4.69) is 20.5 Å². The molecule has 10 heteroatoms. The summed E-state index contributed by atoms with van der Waals surface area (Å²) in [6, 6.07) is 18.9. The quantitative estimate of drug-likeness (QED) is 0.214. The predicted octanol–water partition coefficient (Wildman–Crippen LogP) is 5.61. The molecule has 0 saturated heterocycles. The average molecular weight is 570 g/mol. The molecule has 0 aliphatic rings. The number of aromatic amines is 1. The number of carbonyl (C=O) groups is 2.